The lowest BCUT2D eigenvalue weighted by molar-refractivity contribution is -0.142. The molecule has 9 heteroatoms. The number of hydrogen-bond donors (Lipinski definition) is 1. The molecule has 1 amide bonds. The molecule has 0 saturated heterocycles. The van der Waals surface area contributed by atoms with E-state index >= 15 is 0 Å². The van der Waals surface area contributed by atoms with Crippen LogP contribution in [0.15, 0.2) is 71.3 Å². The third kappa shape index (κ3) is 6.58. The van der Waals surface area contributed by atoms with Crippen LogP contribution >= 0.6 is 11.6 Å². The van der Waals surface area contributed by atoms with Gasteiger partial charge in [-0.2, -0.15) is 0 Å². The summed E-state index contributed by atoms with van der Waals surface area (Å²) in [5, 5.41) is 7.31. The van der Waals surface area contributed by atoms with E-state index in [1.165, 1.54) is 6.07 Å². The van der Waals surface area contributed by atoms with Gasteiger partial charge in [-0.05, 0) is 54.3 Å². The predicted octanol–water partition coefficient (Wildman–Crippen LogP) is 7.01. The standard InChI is InChI=1S/C29H26ClFN2O5/c1-3-36-26(34)17-23-16-22(12-13-25(23)31)19-8-10-21(11-9-19)28-27(18(2)33-38-28)32-29(35)37-15-14-20-6-4-5-7-24(20)30/h4-13,16H,3,14-15,17H2,1-2H3,(H,32,35). The summed E-state index contributed by atoms with van der Waals surface area (Å²) in [4.78, 5) is 24.2. The van der Waals surface area contributed by atoms with Crippen LogP contribution in [0.4, 0.5) is 14.9 Å². The van der Waals surface area contributed by atoms with Gasteiger partial charge >= 0.3 is 12.1 Å². The predicted molar refractivity (Wildman–Crippen MR) is 143 cm³/mol. The van der Waals surface area contributed by atoms with Gasteiger partial charge in [0.05, 0.1) is 19.6 Å². The van der Waals surface area contributed by atoms with Crippen molar-refractivity contribution in [2.24, 2.45) is 0 Å². The van der Waals surface area contributed by atoms with E-state index in [9.17, 15) is 14.0 Å². The second kappa shape index (κ2) is 12.4. The van der Waals surface area contributed by atoms with Gasteiger partial charge in [0.15, 0.2) is 5.76 Å². The van der Waals surface area contributed by atoms with E-state index in [1.54, 1.807) is 44.2 Å². The Morgan fingerprint density at radius 2 is 1.68 bits per heavy atom. The summed E-state index contributed by atoms with van der Waals surface area (Å²) in [5.74, 6) is -0.578. The second-order valence-corrected chi connectivity index (χ2v) is 8.85. The van der Waals surface area contributed by atoms with Crippen molar-refractivity contribution < 1.29 is 28.0 Å². The van der Waals surface area contributed by atoms with Crippen LogP contribution < -0.4 is 5.32 Å². The topological polar surface area (TPSA) is 90.7 Å². The number of amides is 1. The van der Waals surface area contributed by atoms with Gasteiger partial charge in [-0.3, -0.25) is 10.1 Å². The third-order valence-electron chi connectivity index (χ3n) is 5.82. The number of nitrogens with one attached hydrogen (secondary N) is 1. The first-order valence-corrected chi connectivity index (χ1v) is 12.4. The summed E-state index contributed by atoms with van der Waals surface area (Å²) in [5.41, 5.74) is 4.27. The van der Waals surface area contributed by atoms with Crippen LogP contribution in [0, 0.1) is 12.7 Å². The fourth-order valence-corrected chi connectivity index (χ4v) is 4.11. The molecule has 1 aromatic heterocycles. The van der Waals surface area contributed by atoms with E-state index in [0.29, 0.717) is 34.1 Å². The Bertz CT molecular complexity index is 1440. The molecule has 4 rings (SSSR count). The van der Waals surface area contributed by atoms with Crippen molar-refractivity contribution in [3.63, 3.8) is 0 Å². The Balaban J connectivity index is 1.44. The maximum Gasteiger partial charge on any atom is 0.411 e. The van der Waals surface area contributed by atoms with Crippen molar-refractivity contribution in [3.8, 4) is 22.5 Å². The normalized spacial score (nSPS) is 10.7. The number of ether oxygens (including phenoxy) is 2. The first-order chi connectivity index (χ1) is 18.4. The van der Waals surface area contributed by atoms with Crippen LogP contribution in [0.5, 0.6) is 0 Å². The molecule has 0 atom stereocenters. The van der Waals surface area contributed by atoms with Gasteiger partial charge in [0, 0.05) is 17.0 Å². The van der Waals surface area contributed by atoms with Crippen molar-refractivity contribution in [2.45, 2.75) is 26.7 Å². The van der Waals surface area contributed by atoms with Crippen LogP contribution in [0.3, 0.4) is 0 Å². The molecule has 0 saturated carbocycles. The first-order valence-electron chi connectivity index (χ1n) is 12.0. The lowest BCUT2D eigenvalue weighted by atomic mass is 9.99. The Kier molecular flexibility index (Phi) is 8.76. The number of rotatable bonds is 9. The first kappa shape index (κ1) is 26.9. The zero-order chi connectivity index (χ0) is 27.1. The smallest absolute Gasteiger partial charge is 0.411 e. The summed E-state index contributed by atoms with van der Waals surface area (Å²) in [6.45, 7) is 3.80. The van der Waals surface area contributed by atoms with E-state index in [4.69, 9.17) is 25.6 Å². The monoisotopic (exact) mass is 536 g/mol. The number of nitrogens with zero attached hydrogens (tertiary/aromatic N) is 1. The molecule has 0 aliphatic carbocycles. The van der Waals surface area contributed by atoms with Gasteiger partial charge in [-0.25, -0.2) is 9.18 Å². The molecule has 0 fully saturated rings. The Morgan fingerprint density at radius 1 is 0.974 bits per heavy atom. The van der Waals surface area contributed by atoms with Gasteiger partial charge in [0.25, 0.3) is 0 Å². The molecule has 3 aromatic carbocycles. The van der Waals surface area contributed by atoms with Crippen LogP contribution in [0.25, 0.3) is 22.5 Å². The largest absolute Gasteiger partial charge is 0.466 e. The number of carbonyl (C=O) groups excluding carboxylic acids is 2. The summed E-state index contributed by atoms with van der Waals surface area (Å²) in [7, 11) is 0. The van der Waals surface area contributed by atoms with Crippen molar-refractivity contribution in [2.75, 3.05) is 18.5 Å². The van der Waals surface area contributed by atoms with Crippen molar-refractivity contribution in [3.05, 3.63) is 94.4 Å². The highest BCUT2D eigenvalue weighted by atomic mass is 35.5. The molecule has 4 aromatic rings. The number of hydrogen-bond acceptors (Lipinski definition) is 6. The number of carbonyl (C=O) groups is 2. The molecule has 38 heavy (non-hydrogen) atoms. The second-order valence-electron chi connectivity index (χ2n) is 8.44. The molecular weight excluding hydrogens is 511 g/mol. The number of halogens is 2. The maximum absolute atomic E-state index is 14.2. The zero-order valence-electron chi connectivity index (χ0n) is 20.9. The number of esters is 1. The van der Waals surface area contributed by atoms with Crippen LogP contribution in [0.1, 0.15) is 23.7 Å². The van der Waals surface area contributed by atoms with Gasteiger partial charge in [-0.15, -0.1) is 0 Å². The molecule has 1 heterocycles. The summed E-state index contributed by atoms with van der Waals surface area (Å²) in [6, 6.07) is 19.3. The molecule has 0 radical (unpaired) electrons. The van der Waals surface area contributed by atoms with E-state index in [-0.39, 0.29) is 25.2 Å². The van der Waals surface area contributed by atoms with Crippen LogP contribution in [0.2, 0.25) is 5.02 Å². The van der Waals surface area contributed by atoms with Crippen molar-refractivity contribution in [1.82, 2.24) is 5.16 Å². The average Bonchev–Trinajstić information content (AvgIpc) is 3.26. The lowest BCUT2D eigenvalue weighted by Crippen LogP contribution is -2.16. The molecule has 7 nitrogen and oxygen atoms in total. The van der Waals surface area contributed by atoms with Crippen LogP contribution in [-0.2, 0) is 27.1 Å². The molecule has 0 aliphatic rings. The average molecular weight is 537 g/mol. The highest BCUT2D eigenvalue weighted by molar-refractivity contribution is 6.31. The van der Waals surface area contributed by atoms with E-state index in [1.807, 2.05) is 30.3 Å². The molecular formula is C29H26ClFN2O5. The fraction of sp³-hybridized carbons (Fsp3) is 0.207. The highest BCUT2D eigenvalue weighted by Gasteiger charge is 2.19. The SMILES string of the molecule is CCOC(=O)Cc1cc(-c2ccc(-c3onc(C)c3NC(=O)OCCc3ccccc3Cl)cc2)ccc1F. The van der Waals surface area contributed by atoms with Crippen molar-refractivity contribution in [1.29, 1.82) is 0 Å². The maximum atomic E-state index is 14.2. The quantitative estimate of drug-likeness (QED) is 0.231. The van der Waals surface area contributed by atoms with Gasteiger partial charge < -0.3 is 14.0 Å². The van der Waals surface area contributed by atoms with E-state index < -0.39 is 17.9 Å². The Hall–Kier alpha value is -4.17. The van der Waals surface area contributed by atoms with Crippen molar-refractivity contribution >= 4 is 29.4 Å². The zero-order valence-corrected chi connectivity index (χ0v) is 21.7. The summed E-state index contributed by atoms with van der Waals surface area (Å²) in [6.07, 6.45) is -0.303. The van der Waals surface area contributed by atoms with Gasteiger partial charge in [0.2, 0.25) is 0 Å². The summed E-state index contributed by atoms with van der Waals surface area (Å²) < 4.78 is 30.0. The Labute approximate surface area is 224 Å². The lowest BCUT2D eigenvalue weighted by Gasteiger charge is -2.09. The molecule has 196 valence electrons. The third-order valence-corrected chi connectivity index (χ3v) is 6.19. The molecule has 1 N–H and O–H groups in total. The number of anilines is 1. The van der Waals surface area contributed by atoms with E-state index in [0.717, 1.165) is 16.7 Å². The minimum absolute atomic E-state index is 0.146. The summed E-state index contributed by atoms with van der Waals surface area (Å²) >= 11 is 6.15. The number of benzene rings is 3. The van der Waals surface area contributed by atoms with E-state index in [2.05, 4.69) is 10.5 Å². The molecule has 0 aliphatic heterocycles. The van der Waals surface area contributed by atoms with Gasteiger partial charge in [0.1, 0.15) is 17.2 Å². The fourth-order valence-electron chi connectivity index (χ4n) is 3.88. The number of aryl methyl sites for hydroxylation is 1. The molecule has 0 bridgehead atoms. The number of aromatic nitrogens is 1. The minimum Gasteiger partial charge on any atom is -0.466 e. The Morgan fingerprint density at radius 3 is 2.42 bits per heavy atom. The minimum atomic E-state index is -0.637. The van der Waals surface area contributed by atoms with Gasteiger partial charge in [-0.1, -0.05) is 65.3 Å². The molecule has 0 unspecified atom stereocenters. The van der Waals surface area contributed by atoms with Crippen LogP contribution in [-0.4, -0.2) is 30.4 Å². The highest BCUT2D eigenvalue weighted by Crippen LogP contribution is 2.33. The molecule has 0 spiro atoms.